The van der Waals surface area contributed by atoms with Crippen molar-refractivity contribution in [2.45, 2.75) is 52.0 Å². The molecule has 0 aliphatic carbocycles. The van der Waals surface area contributed by atoms with Crippen LogP contribution in [0.3, 0.4) is 0 Å². The molecule has 0 amide bonds. The zero-order valence-corrected chi connectivity index (χ0v) is 12.5. The number of sulfonamides is 1. The molecule has 1 atom stereocenters. The highest BCUT2D eigenvalue weighted by molar-refractivity contribution is 7.89. The second kappa shape index (κ2) is 8.89. The fourth-order valence-electron chi connectivity index (χ4n) is 1.60. The van der Waals surface area contributed by atoms with Gasteiger partial charge in [-0.3, -0.25) is 0 Å². The van der Waals surface area contributed by atoms with E-state index in [-0.39, 0.29) is 5.75 Å². The summed E-state index contributed by atoms with van der Waals surface area (Å²) < 4.78 is 24.3. The minimum Gasteiger partial charge on any atom is -0.313 e. The Hall–Kier alpha value is -0.130. The zero-order valence-electron chi connectivity index (χ0n) is 11.7. The van der Waals surface area contributed by atoms with Crippen molar-refractivity contribution in [1.29, 1.82) is 0 Å². The highest BCUT2D eigenvalue weighted by Gasteiger charge is 2.13. The van der Waals surface area contributed by atoms with E-state index in [0.29, 0.717) is 12.6 Å². The lowest BCUT2D eigenvalue weighted by Crippen LogP contribution is -2.34. The number of nitrogens with zero attached hydrogens (tertiary/aromatic N) is 1. The molecule has 1 unspecified atom stereocenters. The predicted octanol–water partition coefficient (Wildman–Crippen LogP) is 1.83. The van der Waals surface area contributed by atoms with E-state index >= 15 is 0 Å². The largest absolute Gasteiger partial charge is 0.313 e. The van der Waals surface area contributed by atoms with E-state index in [1.807, 2.05) is 0 Å². The molecule has 5 heteroatoms. The minimum atomic E-state index is -3.05. The van der Waals surface area contributed by atoms with E-state index in [2.05, 4.69) is 19.2 Å². The van der Waals surface area contributed by atoms with Gasteiger partial charge < -0.3 is 5.32 Å². The molecule has 0 aromatic rings. The maximum atomic E-state index is 11.5. The van der Waals surface area contributed by atoms with Crippen LogP contribution in [0, 0.1) is 0 Å². The van der Waals surface area contributed by atoms with Crippen LogP contribution in [-0.2, 0) is 10.0 Å². The van der Waals surface area contributed by atoms with Gasteiger partial charge in [0, 0.05) is 26.7 Å². The van der Waals surface area contributed by atoms with Gasteiger partial charge in [-0.2, -0.15) is 0 Å². The van der Waals surface area contributed by atoms with Crippen LogP contribution in [0.2, 0.25) is 0 Å². The van der Waals surface area contributed by atoms with E-state index in [4.69, 9.17) is 0 Å². The van der Waals surface area contributed by atoms with Gasteiger partial charge in [-0.15, -0.1) is 0 Å². The lowest BCUT2D eigenvalue weighted by atomic mass is 10.1. The summed E-state index contributed by atoms with van der Waals surface area (Å²) in [6, 6.07) is 0.407. The first-order valence-electron chi connectivity index (χ1n) is 6.53. The van der Waals surface area contributed by atoms with Gasteiger partial charge in [0.25, 0.3) is 0 Å². The Morgan fingerprint density at radius 3 is 2.35 bits per heavy atom. The molecule has 0 rings (SSSR count). The molecule has 0 heterocycles. The second-order valence-corrected chi connectivity index (χ2v) is 7.11. The molecule has 4 nitrogen and oxygen atoms in total. The van der Waals surface area contributed by atoms with Crippen LogP contribution in [0.25, 0.3) is 0 Å². The average Bonchev–Trinajstić information content (AvgIpc) is 2.24. The van der Waals surface area contributed by atoms with Gasteiger partial charge in [-0.05, 0) is 13.3 Å². The van der Waals surface area contributed by atoms with Crippen molar-refractivity contribution in [3.8, 4) is 0 Å². The van der Waals surface area contributed by atoms with Gasteiger partial charge >= 0.3 is 0 Å². The first-order chi connectivity index (χ1) is 7.90. The Bertz CT molecular complexity index is 276. The SMILES string of the molecule is CCCCCCC(C)NCCS(=O)(=O)N(C)C. The van der Waals surface area contributed by atoms with Gasteiger partial charge in [-0.1, -0.05) is 32.6 Å². The van der Waals surface area contributed by atoms with Crippen molar-refractivity contribution in [1.82, 2.24) is 9.62 Å². The van der Waals surface area contributed by atoms with Crippen LogP contribution >= 0.6 is 0 Å². The van der Waals surface area contributed by atoms with Gasteiger partial charge in [0.15, 0.2) is 0 Å². The van der Waals surface area contributed by atoms with Crippen molar-refractivity contribution in [2.75, 3.05) is 26.4 Å². The Morgan fingerprint density at radius 2 is 1.82 bits per heavy atom. The third kappa shape index (κ3) is 8.57. The molecular weight excluding hydrogens is 236 g/mol. The van der Waals surface area contributed by atoms with Crippen molar-refractivity contribution in [3.05, 3.63) is 0 Å². The molecule has 104 valence electrons. The normalized spacial score (nSPS) is 14.2. The second-order valence-electron chi connectivity index (χ2n) is 4.80. The van der Waals surface area contributed by atoms with E-state index in [0.717, 1.165) is 6.42 Å². The lowest BCUT2D eigenvalue weighted by Gasteiger charge is -2.15. The van der Waals surface area contributed by atoms with E-state index < -0.39 is 10.0 Å². The molecule has 0 radical (unpaired) electrons. The molecule has 0 fully saturated rings. The summed E-state index contributed by atoms with van der Waals surface area (Å²) in [6.07, 6.45) is 6.17. The molecular formula is C12H28N2O2S. The fourth-order valence-corrected chi connectivity index (χ4v) is 2.34. The van der Waals surface area contributed by atoms with Crippen molar-refractivity contribution >= 4 is 10.0 Å². The molecule has 0 aromatic heterocycles. The molecule has 0 saturated heterocycles. The Labute approximate surface area is 107 Å². The number of rotatable bonds is 10. The fraction of sp³-hybridized carbons (Fsp3) is 1.00. The minimum absolute atomic E-state index is 0.180. The number of nitrogens with one attached hydrogen (secondary N) is 1. The molecule has 0 bridgehead atoms. The van der Waals surface area contributed by atoms with Crippen LogP contribution in [0.5, 0.6) is 0 Å². The zero-order chi connectivity index (χ0) is 13.3. The summed E-state index contributed by atoms with van der Waals surface area (Å²) in [7, 11) is 0.0937. The predicted molar refractivity (Wildman–Crippen MR) is 73.7 cm³/mol. The molecule has 0 aliphatic rings. The lowest BCUT2D eigenvalue weighted by molar-refractivity contribution is 0.484. The van der Waals surface area contributed by atoms with Gasteiger partial charge in [0.05, 0.1) is 5.75 Å². The third-order valence-electron chi connectivity index (χ3n) is 2.90. The standard InChI is InChI=1S/C12H28N2O2S/c1-5-6-7-8-9-12(2)13-10-11-17(15,16)14(3)4/h12-13H,5-11H2,1-4H3. The van der Waals surface area contributed by atoms with Gasteiger partial charge in [-0.25, -0.2) is 12.7 Å². The van der Waals surface area contributed by atoms with E-state index in [1.165, 1.54) is 30.0 Å². The maximum absolute atomic E-state index is 11.5. The molecule has 0 saturated carbocycles. The van der Waals surface area contributed by atoms with Gasteiger partial charge in [0.2, 0.25) is 10.0 Å². The quantitative estimate of drug-likeness (QED) is 0.612. The molecule has 1 N–H and O–H groups in total. The maximum Gasteiger partial charge on any atom is 0.214 e. The van der Waals surface area contributed by atoms with Crippen LogP contribution < -0.4 is 5.32 Å². The Morgan fingerprint density at radius 1 is 1.18 bits per heavy atom. The van der Waals surface area contributed by atoms with Crippen LogP contribution in [0.4, 0.5) is 0 Å². The van der Waals surface area contributed by atoms with Crippen molar-refractivity contribution in [3.63, 3.8) is 0 Å². The first kappa shape index (κ1) is 16.9. The molecule has 0 aliphatic heterocycles. The highest BCUT2D eigenvalue weighted by atomic mass is 32.2. The van der Waals surface area contributed by atoms with Crippen LogP contribution in [-0.4, -0.2) is 45.2 Å². The number of hydrogen-bond acceptors (Lipinski definition) is 3. The van der Waals surface area contributed by atoms with Crippen LogP contribution in [0.1, 0.15) is 46.0 Å². The van der Waals surface area contributed by atoms with Crippen molar-refractivity contribution < 1.29 is 8.42 Å². The first-order valence-corrected chi connectivity index (χ1v) is 8.14. The van der Waals surface area contributed by atoms with E-state index in [1.54, 1.807) is 14.1 Å². The topological polar surface area (TPSA) is 49.4 Å². The average molecular weight is 264 g/mol. The smallest absolute Gasteiger partial charge is 0.214 e. The van der Waals surface area contributed by atoms with Crippen LogP contribution in [0.15, 0.2) is 0 Å². The summed E-state index contributed by atoms with van der Waals surface area (Å²) in [5.74, 6) is 0.180. The van der Waals surface area contributed by atoms with Crippen molar-refractivity contribution in [2.24, 2.45) is 0 Å². The van der Waals surface area contributed by atoms with E-state index in [9.17, 15) is 8.42 Å². The highest BCUT2D eigenvalue weighted by Crippen LogP contribution is 2.05. The summed E-state index contributed by atoms with van der Waals surface area (Å²) in [5.41, 5.74) is 0. The monoisotopic (exact) mass is 264 g/mol. The molecule has 0 aromatic carbocycles. The summed E-state index contributed by atoms with van der Waals surface area (Å²) in [4.78, 5) is 0. The summed E-state index contributed by atoms with van der Waals surface area (Å²) in [6.45, 7) is 4.86. The molecule has 0 spiro atoms. The Kier molecular flexibility index (Phi) is 8.82. The number of hydrogen-bond donors (Lipinski definition) is 1. The third-order valence-corrected chi connectivity index (χ3v) is 4.73. The Balaban J connectivity index is 3.61. The van der Waals surface area contributed by atoms with Gasteiger partial charge in [0.1, 0.15) is 0 Å². The summed E-state index contributed by atoms with van der Waals surface area (Å²) in [5, 5.41) is 3.26. The molecule has 17 heavy (non-hydrogen) atoms. The summed E-state index contributed by atoms with van der Waals surface area (Å²) >= 11 is 0. The number of unbranched alkanes of at least 4 members (excludes halogenated alkanes) is 3.